The summed E-state index contributed by atoms with van der Waals surface area (Å²) >= 11 is 1.66. The number of furan rings is 1. The monoisotopic (exact) mass is 1130 g/mol. The Morgan fingerprint density at radius 3 is 1.99 bits per heavy atom. The molecule has 0 saturated heterocycles. The van der Waals surface area contributed by atoms with Crippen molar-refractivity contribution in [2.45, 2.75) is 79.4 Å². The molecule has 0 N–H and O–H groups in total. The first-order valence-corrected chi connectivity index (χ1v) is 28.7. The van der Waals surface area contributed by atoms with E-state index in [0.717, 1.165) is 78.6 Å². The number of benzene rings is 7. The minimum Gasteiger partial charge on any atom is -0.456 e. The van der Waals surface area contributed by atoms with Crippen LogP contribution >= 0.6 is 11.3 Å². The molecule has 0 aliphatic rings. The van der Waals surface area contributed by atoms with Gasteiger partial charge in [-0.3, -0.25) is 16.3 Å². The molecule has 7 aromatic carbocycles. The molecule has 7 heteroatoms. The second-order valence-electron chi connectivity index (χ2n) is 20.4. The fraction of sp³-hybridized carbons (Fsp3) is 0.206. The van der Waals surface area contributed by atoms with Gasteiger partial charge in [0.2, 0.25) is 0 Å². The van der Waals surface area contributed by atoms with Gasteiger partial charge < -0.3 is 14.0 Å². The minimum absolute atomic E-state index is 0. The summed E-state index contributed by atoms with van der Waals surface area (Å²) in [6, 6.07) is 59.2. The van der Waals surface area contributed by atoms with E-state index >= 15 is 0 Å². The summed E-state index contributed by atoms with van der Waals surface area (Å²) in [6.45, 7) is 20.9. The zero-order valence-corrected chi connectivity index (χ0v) is 45.7. The zero-order chi connectivity index (χ0) is 48.0. The molecule has 0 bridgehead atoms. The topological polar surface area (TPSA) is 43.9 Å². The number of hydrogen-bond donors (Lipinski definition) is 0. The average molecular weight is 1130 g/mol. The quantitative estimate of drug-likeness (QED) is 0.101. The van der Waals surface area contributed by atoms with E-state index in [2.05, 4.69) is 216 Å². The largest absolute Gasteiger partial charge is 0.456 e. The number of fused-ring (bicyclic) bond motifs is 5. The molecule has 0 aliphatic heterocycles. The van der Waals surface area contributed by atoms with Gasteiger partial charge in [0, 0.05) is 42.8 Å². The Morgan fingerprint density at radius 2 is 1.29 bits per heavy atom. The molecule has 0 saturated carbocycles. The second-order valence-corrected chi connectivity index (χ2v) is 26.3. The molecule has 0 atom stereocenters. The maximum absolute atomic E-state index is 6.13. The van der Waals surface area contributed by atoms with Crippen LogP contribution in [0.1, 0.15) is 70.1 Å². The van der Waals surface area contributed by atoms with E-state index < -0.39 is 8.07 Å². The molecule has 4 heterocycles. The van der Waals surface area contributed by atoms with Crippen molar-refractivity contribution in [3.8, 4) is 50.6 Å². The number of hydrogen-bond acceptors (Lipinski definition) is 4. The fourth-order valence-corrected chi connectivity index (χ4v) is 12.2. The molecular formula is C63H59IrN3OSSi-2. The first-order chi connectivity index (χ1) is 33.3. The predicted molar refractivity (Wildman–Crippen MR) is 297 cm³/mol. The Kier molecular flexibility index (Phi) is 14.1. The first kappa shape index (κ1) is 48.8. The Bertz CT molecular complexity index is 3590. The Balaban J connectivity index is 0.000000244. The van der Waals surface area contributed by atoms with E-state index in [1.165, 1.54) is 43.4 Å². The van der Waals surface area contributed by atoms with Crippen LogP contribution in [0.2, 0.25) is 19.6 Å². The minimum atomic E-state index is -1.34. The van der Waals surface area contributed by atoms with E-state index in [0.29, 0.717) is 17.8 Å². The summed E-state index contributed by atoms with van der Waals surface area (Å²) in [6.07, 6.45) is 3.24. The van der Waals surface area contributed by atoms with Crippen molar-refractivity contribution in [2.75, 3.05) is 0 Å². The maximum Gasteiger partial charge on any atom is 0.135 e. The molecular weight excluding hydrogens is 1070 g/mol. The summed E-state index contributed by atoms with van der Waals surface area (Å²) < 4.78 is 9.75. The van der Waals surface area contributed by atoms with Crippen LogP contribution < -0.4 is 5.19 Å². The molecule has 0 aliphatic carbocycles. The third-order valence-corrected chi connectivity index (χ3v) is 16.1. The van der Waals surface area contributed by atoms with Crippen LogP contribution in [0.5, 0.6) is 0 Å². The van der Waals surface area contributed by atoms with E-state index in [-0.39, 0.29) is 20.1 Å². The normalized spacial score (nSPS) is 11.8. The van der Waals surface area contributed by atoms with Gasteiger partial charge in [0.1, 0.15) is 11.2 Å². The van der Waals surface area contributed by atoms with Crippen LogP contribution in [0.3, 0.4) is 0 Å². The number of pyridine rings is 1. The summed E-state index contributed by atoms with van der Waals surface area (Å²) in [5.41, 5.74) is 17.2. The molecule has 0 unspecified atom stereocenters. The van der Waals surface area contributed by atoms with E-state index in [1.54, 1.807) is 11.3 Å². The van der Waals surface area contributed by atoms with E-state index in [9.17, 15) is 0 Å². The van der Waals surface area contributed by atoms with Crippen molar-refractivity contribution in [2.24, 2.45) is 5.92 Å². The Hall–Kier alpha value is -6.21. The van der Waals surface area contributed by atoms with Crippen LogP contribution in [0.4, 0.5) is 0 Å². The molecule has 0 amide bonds. The van der Waals surface area contributed by atoms with Crippen molar-refractivity contribution in [3.05, 3.63) is 192 Å². The molecule has 0 fully saturated rings. The van der Waals surface area contributed by atoms with Crippen molar-refractivity contribution in [1.82, 2.24) is 14.5 Å². The first-order valence-electron chi connectivity index (χ1n) is 24.4. The molecule has 11 aromatic rings. The Morgan fingerprint density at radius 1 is 0.629 bits per heavy atom. The van der Waals surface area contributed by atoms with Gasteiger partial charge in [-0.2, -0.15) is 0 Å². The number of rotatable bonds is 10. The standard InChI is InChI=1S/C45H35N2OS.C18H24NSi.Ir/c1-27(2)34-24-32(29-12-6-5-7-13-29)25-35(28(3)4)44(34)47-40-16-10-9-15-39(40)46-45(47)38-26-49-43-21-19-31(23-37(38)43)30-18-20-42-36(22-30)33-14-8-11-17-41(33)48-42;1-14(2)11-16-12-17(15-9-7-6-8-10-15)19-13-18(16)20(3,4)5;/h5-25,27-28H,1-4H3;6-9,12-14H,11H2,1-5H3;/q2*-1;. The van der Waals surface area contributed by atoms with Crippen LogP contribution in [0, 0.1) is 17.4 Å². The van der Waals surface area contributed by atoms with Crippen molar-refractivity contribution in [1.29, 1.82) is 0 Å². The van der Waals surface area contributed by atoms with Gasteiger partial charge in [-0.15, -0.1) is 41.3 Å². The third kappa shape index (κ3) is 9.65. The van der Waals surface area contributed by atoms with Gasteiger partial charge in [0.15, 0.2) is 0 Å². The van der Waals surface area contributed by atoms with Gasteiger partial charge in [-0.1, -0.05) is 173 Å². The van der Waals surface area contributed by atoms with Crippen LogP contribution in [0.25, 0.3) is 93.6 Å². The molecule has 70 heavy (non-hydrogen) atoms. The smallest absolute Gasteiger partial charge is 0.135 e. The fourth-order valence-electron chi connectivity index (χ4n) is 9.74. The summed E-state index contributed by atoms with van der Waals surface area (Å²) in [7, 11) is -1.34. The summed E-state index contributed by atoms with van der Waals surface area (Å²) in [4.78, 5) is 10.0. The van der Waals surface area contributed by atoms with Crippen molar-refractivity contribution < 1.29 is 24.5 Å². The number of aromatic nitrogens is 3. The average Bonchev–Trinajstić information content (AvgIpc) is 4.06. The third-order valence-electron chi connectivity index (χ3n) is 13.2. The van der Waals surface area contributed by atoms with Gasteiger partial charge in [0.25, 0.3) is 0 Å². The van der Waals surface area contributed by atoms with Gasteiger partial charge in [-0.05, 0) is 111 Å². The van der Waals surface area contributed by atoms with Crippen molar-refractivity contribution in [3.63, 3.8) is 0 Å². The van der Waals surface area contributed by atoms with Gasteiger partial charge in [-0.25, -0.2) is 0 Å². The van der Waals surface area contributed by atoms with Crippen LogP contribution in [-0.2, 0) is 26.5 Å². The van der Waals surface area contributed by atoms with Crippen LogP contribution in [-0.4, -0.2) is 22.6 Å². The number of thiophene rings is 1. The molecule has 4 nitrogen and oxygen atoms in total. The van der Waals surface area contributed by atoms with E-state index in [4.69, 9.17) is 9.40 Å². The maximum atomic E-state index is 6.13. The van der Waals surface area contributed by atoms with Crippen molar-refractivity contribution >= 4 is 67.7 Å². The molecule has 4 aromatic heterocycles. The Labute approximate surface area is 431 Å². The molecule has 353 valence electrons. The van der Waals surface area contributed by atoms with E-state index in [1.807, 2.05) is 30.3 Å². The van der Waals surface area contributed by atoms with Gasteiger partial charge >= 0.3 is 0 Å². The predicted octanol–water partition coefficient (Wildman–Crippen LogP) is 17.5. The zero-order valence-electron chi connectivity index (χ0n) is 41.5. The molecule has 1 radical (unpaired) electrons. The second kappa shape index (κ2) is 20.3. The van der Waals surface area contributed by atoms with Crippen LogP contribution in [0.15, 0.2) is 168 Å². The molecule has 0 spiro atoms. The molecule has 11 rings (SSSR count). The van der Waals surface area contributed by atoms with Gasteiger partial charge in [0.05, 0.1) is 24.9 Å². The number of imidazole rings is 1. The number of para-hydroxylation sites is 3. The summed E-state index contributed by atoms with van der Waals surface area (Å²) in [5.74, 6) is 2.19. The SMILES string of the molecule is CC(C)Cc1cc(-c2[c-]cccc2)ncc1[Si](C)(C)C.CC(C)c1cc(-c2ccccc2)cc(C(C)C)c1-n1c(-c2[c-]sc3ccc(-c4ccc5oc6ccccc6c5c4)cc23)nc2ccccc21.[Ir]. The number of nitrogens with zero attached hydrogens (tertiary/aromatic N) is 3. The summed E-state index contributed by atoms with van der Waals surface area (Å²) in [5, 5.41) is 8.63.